The van der Waals surface area contributed by atoms with Crippen LogP contribution in [0.3, 0.4) is 0 Å². The molecular formula is C62H75N3O7S3. The van der Waals surface area contributed by atoms with Crippen molar-refractivity contribution in [3.05, 3.63) is 126 Å². The first-order valence-corrected chi connectivity index (χ1v) is 30.1. The van der Waals surface area contributed by atoms with Gasteiger partial charge in [-0.15, -0.1) is 34.0 Å². The van der Waals surface area contributed by atoms with Crippen molar-refractivity contribution in [3.8, 4) is 36.0 Å². The Kier molecular flexibility index (Phi) is 21.1. The lowest BCUT2D eigenvalue weighted by molar-refractivity contribution is -0.138. The summed E-state index contributed by atoms with van der Waals surface area (Å²) in [4.78, 5) is 57.8. The predicted octanol–water partition coefficient (Wildman–Crippen LogP) is 14.2. The lowest BCUT2D eigenvalue weighted by atomic mass is 9.83. The topological polar surface area (TPSA) is 163 Å². The SMILES string of the molecule is CCCCCCc1cc(-c2sc(-c3sc(-c4ccc5c(c4)CCc4ccccc4C5CCCCCC)cc3CCCCCC)cc2CCCCCC)sc1/C=c1\c(=O)n(CC(=O)O)/c(=C(/C#N)C(=O)O)n1CC(=O)O. The highest BCUT2D eigenvalue weighted by Crippen LogP contribution is 2.48. The summed E-state index contributed by atoms with van der Waals surface area (Å²) in [7, 11) is 0. The third-order valence-electron chi connectivity index (χ3n) is 14.7. The first-order chi connectivity index (χ1) is 36.4. The van der Waals surface area contributed by atoms with Crippen LogP contribution in [0.5, 0.6) is 0 Å². The minimum absolute atomic E-state index is 0.193. The summed E-state index contributed by atoms with van der Waals surface area (Å²) in [5, 5.41) is 39.7. The van der Waals surface area contributed by atoms with Crippen molar-refractivity contribution in [1.29, 1.82) is 5.26 Å². The van der Waals surface area contributed by atoms with E-state index in [4.69, 9.17) is 0 Å². The molecule has 4 heterocycles. The molecule has 7 rings (SSSR count). The normalized spacial score (nSPS) is 13.9. The van der Waals surface area contributed by atoms with E-state index in [0.717, 1.165) is 98.5 Å². The Bertz CT molecular complexity index is 3180. The number of thiophene rings is 3. The van der Waals surface area contributed by atoms with Crippen molar-refractivity contribution in [1.82, 2.24) is 9.13 Å². The molecule has 0 radical (unpaired) electrons. The van der Waals surface area contributed by atoms with Gasteiger partial charge in [-0.1, -0.05) is 154 Å². The highest BCUT2D eigenvalue weighted by molar-refractivity contribution is 7.27. The predicted molar refractivity (Wildman–Crippen MR) is 308 cm³/mol. The average Bonchev–Trinajstić information content (AvgIpc) is 4.16. The lowest BCUT2D eigenvalue weighted by Crippen LogP contribution is -2.37. The van der Waals surface area contributed by atoms with Gasteiger partial charge in [-0.3, -0.25) is 19.0 Å². The number of aliphatic carboxylic acids is 3. The molecule has 4 aromatic heterocycles. The monoisotopic (exact) mass is 1070 g/mol. The van der Waals surface area contributed by atoms with Gasteiger partial charge in [0, 0.05) is 35.2 Å². The van der Waals surface area contributed by atoms with Crippen LogP contribution in [-0.4, -0.2) is 42.4 Å². The molecule has 1 aliphatic rings. The number of carboxylic acids is 3. The molecule has 1 unspecified atom stereocenters. The van der Waals surface area contributed by atoms with Gasteiger partial charge >= 0.3 is 17.9 Å². The van der Waals surface area contributed by atoms with E-state index in [1.54, 1.807) is 12.1 Å². The van der Waals surface area contributed by atoms with Gasteiger partial charge in [-0.05, 0) is 127 Å². The third kappa shape index (κ3) is 14.2. The van der Waals surface area contributed by atoms with Gasteiger partial charge < -0.3 is 19.9 Å². The second-order valence-corrected chi connectivity index (χ2v) is 23.5. The van der Waals surface area contributed by atoms with Crippen LogP contribution in [0.15, 0.2) is 65.5 Å². The molecular weight excluding hydrogens is 995 g/mol. The van der Waals surface area contributed by atoms with Crippen molar-refractivity contribution in [2.75, 3.05) is 0 Å². The number of rotatable bonds is 29. The largest absolute Gasteiger partial charge is 0.480 e. The molecule has 2 aromatic carbocycles. The summed E-state index contributed by atoms with van der Waals surface area (Å²) in [6.07, 6.45) is 25.5. The number of hydrogen-bond acceptors (Lipinski definition) is 8. The van der Waals surface area contributed by atoms with Crippen molar-refractivity contribution >= 4 is 63.6 Å². The van der Waals surface area contributed by atoms with E-state index < -0.39 is 47.6 Å². The molecule has 75 heavy (non-hydrogen) atoms. The molecule has 0 fully saturated rings. The number of carboxylic acid groups (broad SMARTS) is 3. The molecule has 0 spiro atoms. The number of nitriles is 1. The highest BCUT2D eigenvalue weighted by atomic mass is 32.1. The second kappa shape index (κ2) is 27.8. The molecule has 0 saturated carbocycles. The molecule has 6 aromatic rings. The molecule has 3 N–H and O–H groups in total. The molecule has 1 aliphatic carbocycles. The Labute approximate surface area is 454 Å². The number of hydrogen-bond donors (Lipinski definition) is 3. The zero-order chi connectivity index (χ0) is 53.4. The van der Waals surface area contributed by atoms with Crippen LogP contribution >= 0.6 is 34.0 Å². The quantitative estimate of drug-likeness (QED) is 0.0391. The van der Waals surface area contributed by atoms with E-state index in [-0.39, 0.29) is 5.35 Å². The Morgan fingerprint density at radius 1 is 0.613 bits per heavy atom. The van der Waals surface area contributed by atoms with Crippen LogP contribution in [0, 0.1) is 11.3 Å². The van der Waals surface area contributed by atoms with Gasteiger partial charge in [0.2, 0.25) is 0 Å². The van der Waals surface area contributed by atoms with Crippen molar-refractivity contribution in [2.24, 2.45) is 0 Å². The number of unbranched alkanes of at least 4 members (excludes halogenated alkanes) is 12. The average molecular weight is 1070 g/mol. The van der Waals surface area contributed by atoms with E-state index in [9.17, 15) is 39.8 Å². The first-order valence-electron chi connectivity index (χ1n) is 27.6. The zero-order valence-corrected chi connectivity index (χ0v) is 46.9. The molecule has 398 valence electrons. The van der Waals surface area contributed by atoms with Gasteiger partial charge in [0.05, 0.1) is 0 Å². The van der Waals surface area contributed by atoms with Gasteiger partial charge in [-0.25, -0.2) is 4.79 Å². The maximum absolute atomic E-state index is 14.2. The molecule has 0 saturated heterocycles. The summed E-state index contributed by atoms with van der Waals surface area (Å²) in [6.45, 7) is 7.10. The highest BCUT2D eigenvalue weighted by Gasteiger charge is 2.27. The van der Waals surface area contributed by atoms with Crippen LogP contribution in [0.25, 0.3) is 41.6 Å². The number of aryl methyl sites for hydroxylation is 5. The number of imidazole rings is 1. The van der Waals surface area contributed by atoms with Gasteiger partial charge in [0.15, 0.2) is 5.57 Å². The van der Waals surface area contributed by atoms with Crippen LogP contribution in [0.4, 0.5) is 0 Å². The molecule has 10 nitrogen and oxygen atoms in total. The van der Waals surface area contributed by atoms with E-state index in [0.29, 0.717) is 21.8 Å². The maximum Gasteiger partial charge on any atom is 0.350 e. The minimum atomic E-state index is -1.70. The molecule has 0 amide bonds. The number of nitrogens with zero attached hydrogens (tertiary/aromatic N) is 3. The van der Waals surface area contributed by atoms with E-state index in [1.165, 1.54) is 121 Å². The Hall–Kier alpha value is -5.81. The van der Waals surface area contributed by atoms with Crippen LogP contribution in [-0.2, 0) is 59.6 Å². The lowest BCUT2D eigenvalue weighted by Gasteiger charge is -2.21. The standard InChI is InChI=1S/C62H75N3O7S3/c1-5-9-13-17-24-43-34-54(73-53(43)37-51-61(70)65(40-57(68)69)60(50(38-63)62(71)72)64(51)39-56(66)67)58-46(26-19-15-11-7-3)36-55(75-58)59-45(25-18-14-10-6-2)35-52(74-59)44-31-32-48-42(33-44)30-29-41-23-21-22-27-47(41)49(48)28-20-16-12-8-4/h21-23,27,31-37,49H,5-20,24-26,28-30,39-40H2,1-4H3,(H,66,67)(H,68,69)(H,71,72)/b51-37+,60-50-. The number of aromatic nitrogens is 2. The van der Waals surface area contributed by atoms with Crippen molar-refractivity contribution < 1.29 is 29.7 Å². The summed E-state index contributed by atoms with van der Waals surface area (Å²) >= 11 is 5.23. The Balaban J connectivity index is 1.37. The van der Waals surface area contributed by atoms with E-state index >= 15 is 0 Å². The van der Waals surface area contributed by atoms with Crippen LogP contribution in [0.1, 0.15) is 187 Å². The summed E-state index contributed by atoms with van der Waals surface area (Å²) in [5.74, 6) is -4.12. The van der Waals surface area contributed by atoms with E-state index in [1.807, 2.05) is 22.7 Å². The van der Waals surface area contributed by atoms with Gasteiger partial charge in [0.1, 0.15) is 30.0 Å². The molecule has 0 bridgehead atoms. The van der Waals surface area contributed by atoms with Crippen molar-refractivity contribution in [3.63, 3.8) is 0 Å². The third-order valence-corrected chi connectivity index (χ3v) is 18.6. The van der Waals surface area contributed by atoms with Crippen molar-refractivity contribution in [2.45, 2.75) is 188 Å². The minimum Gasteiger partial charge on any atom is -0.480 e. The van der Waals surface area contributed by atoms with Crippen LogP contribution in [0.2, 0.25) is 0 Å². The first kappa shape index (κ1) is 56.9. The van der Waals surface area contributed by atoms with E-state index in [2.05, 4.69) is 88.4 Å². The molecule has 1 atom stereocenters. The fourth-order valence-corrected chi connectivity index (χ4v) is 14.7. The van der Waals surface area contributed by atoms with Gasteiger partial charge in [0.25, 0.3) is 5.56 Å². The smallest absolute Gasteiger partial charge is 0.350 e. The zero-order valence-electron chi connectivity index (χ0n) is 44.4. The number of carbonyl (C=O) groups is 3. The number of benzene rings is 2. The summed E-state index contributed by atoms with van der Waals surface area (Å²) < 4.78 is 1.65. The maximum atomic E-state index is 14.2. The summed E-state index contributed by atoms with van der Waals surface area (Å²) in [6, 6.07) is 25.1. The number of fused-ring (bicyclic) bond motifs is 2. The van der Waals surface area contributed by atoms with Crippen LogP contribution < -0.4 is 16.4 Å². The molecule has 13 heteroatoms. The second-order valence-electron chi connectivity index (χ2n) is 20.3. The molecule has 0 aliphatic heterocycles. The fourth-order valence-electron chi connectivity index (χ4n) is 10.9. The van der Waals surface area contributed by atoms with Gasteiger partial charge in [-0.2, -0.15) is 5.26 Å². The Morgan fingerprint density at radius 3 is 1.73 bits per heavy atom. The fraction of sp³-hybridized carbons (Fsp3) is 0.468. The summed E-state index contributed by atoms with van der Waals surface area (Å²) in [5.41, 5.74) is 8.45. The Morgan fingerprint density at radius 2 is 1.13 bits per heavy atom.